The van der Waals surface area contributed by atoms with Crippen LogP contribution in [0.15, 0.2) is 24.3 Å². The molecule has 2 heterocycles. The van der Waals surface area contributed by atoms with Crippen LogP contribution in [-0.2, 0) is 4.79 Å². The smallest absolute Gasteiger partial charge is 0.139 e. The van der Waals surface area contributed by atoms with Gasteiger partial charge in [0.05, 0.1) is 0 Å². The zero-order valence-corrected chi connectivity index (χ0v) is 12.2. The molecule has 3 heteroatoms. The lowest BCUT2D eigenvalue weighted by molar-refractivity contribution is -0.138. The van der Waals surface area contributed by atoms with Gasteiger partial charge in [-0.1, -0.05) is 26.0 Å². The van der Waals surface area contributed by atoms with Crippen LogP contribution in [0.2, 0.25) is 0 Å². The van der Waals surface area contributed by atoms with Crippen LogP contribution in [0.4, 0.5) is 0 Å². The molecule has 3 aliphatic rings. The predicted molar refractivity (Wildman–Crippen MR) is 78.5 cm³/mol. The molecule has 1 aliphatic carbocycles. The molecule has 1 aromatic carbocycles. The van der Waals surface area contributed by atoms with E-state index < -0.39 is 0 Å². The molecule has 2 bridgehead atoms. The van der Waals surface area contributed by atoms with Crippen molar-refractivity contribution < 1.29 is 9.90 Å². The topological polar surface area (TPSA) is 40.5 Å². The lowest BCUT2D eigenvalue weighted by Gasteiger charge is -2.51. The molecule has 4 rings (SSSR count). The Balaban J connectivity index is 1.94. The molecule has 3 unspecified atom stereocenters. The second kappa shape index (κ2) is 5.21. The summed E-state index contributed by atoms with van der Waals surface area (Å²) in [4.78, 5) is 14.8. The Morgan fingerprint density at radius 1 is 1.25 bits per heavy atom. The number of carbonyl (C=O) groups is 1. The van der Waals surface area contributed by atoms with Gasteiger partial charge >= 0.3 is 0 Å². The Kier molecular flexibility index (Phi) is 3.55. The van der Waals surface area contributed by atoms with E-state index in [1.165, 1.54) is 5.56 Å². The quantitative estimate of drug-likeness (QED) is 0.919. The summed E-state index contributed by atoms with van der Waals surface area (Å²) in [5, 5.41) is 9.47. The van der Waals surface area contributed by atoms with E-state index in [0.717, 1.165) is 25.8 Å². The van der Waals surface area contributed by atoms with Crippen molar-refractivity contribution >= 4 is 5.78 Å². The summed E-state index contributed by atoms with van der Waals surface area (Å²) in [6.07, 6.45) is 2.90. The van der Waals surface area contributed by atoms with Gasteiger partial charge in [-0.15, -0.1) is 0 Å². The average Bonchev–Trinajstić information content (AvgIpc) is 2.40. The van der Waals surface area contributed by atoms with Crippen LogP contribution < -0.4 is 0 Å². The Hall–Kier alpha value is -1.35. The second-order valence-electron chi connectivity index (χ2n) is 6.64. The largest absolute Gasteiger partial charge is 0.508 e. The van der Waals surface area contributed by atoms with Crippen molar-refractivity contribution in [2.45, 2.75) is 45.2 Å². The Labute approximate surface area is 120 Å². The second-order valence-corrected chi connectivity index (χ2v) is 6.64. The minimum atomic E-state index is 0.142. The maximum absolute atomic E-state index is 12.3. The van der Waals surface area contributed by atoms with Crippen molar-refractivity contribution in [2.24, 2.45) is 11.8 Å². The maximum Gasteiger partial charge on any atom is 0.139 e. The fraction of sp³-hybridized carbons (Fsp3) is 0.588. The lowest BCUT2D eigenvalue weighted by atomic mass is 9.71. The van der Waals surface area contributed by atoms with Gasteiger partial charge in [-0.25, -0.2) is 0 Å². The molecule has 1 saturated carbocycles. The predicted octanol–water partition coefficient (Wildman–Crippen LogP) is 3.14. The zero-order chi connectivity index (χ0) is 14.3. The fourth-order valence-electron chi connectivity index (χ4n) is 3.87. The highest BCUT2D eigenvalue weighted by Crippen LogP contribution is 2.46. The maximum atomic E-state index is 12.3. The number of rotatable bonds is 3. The van der Waals surface area contributed by atoms with Crippen LogP contribution >= 0.6 is 0 Å². The van der Waals surface area contributed by atoms with Gasteiger partial charge in [0.1, 0.15) is 11.5 Å². The first-order valence-corrected chi connectivity index (χ1v) is 7.63. The minimum Gasteiger partial charge on any atom is -0.508 e. The third-order valence-corrected chi connectivity index (χ3v) is 4.68. The summed E-state index contributed by atoms with van der Waals surface area (Å²) < 4.78 is 0. The third kappa shape index (κ3) is 2.35. The van der Waals surface area contributed by atoms with Crippen molar-refractivity contribution in [3.8, 4) is 5.75 Å². The summed E-state index contributed by atoms with van der Waals surface area (Å²) in [6, 6.07) is 8.03. The minimum absolute atomic E-state index is 0.142. The molecule has 0 amide bonds. The number of aromatic hydroxyl groups is 1. The fourth-order valence-corrected chi connectivity index (χ4v) is 3.87. The van der Waals surface area contributed by atoms with Crippen LogP contribution in [0.5, 0.6) is 5.75 Å². The number of nitrogens with zero attached hydrogens (tertiary/aromatic N) is 1. The molecule has 20 heavy (non-hydrogen) atoms. The van der Waals surface area contributed by atoms with Crippen molar-refractivity contribution in [2.75, 3.05) is 6.54 Å². The van der Waals surface area contributed by atoms with Gasteiger partial charge in [0.2, 0.25) is 0 Å². The number of hydrogen-bond acceptors (Lipinski definition) is 3. The number of Topliss-reactive ketones (excluding diaryl/α,β-unsaturated/α-hetero) is 1. The van der Waals surface area contributed by atoms with E-state index >= 15 is 0 Å². The summed E-state index contributed by atoms with van der Waals surface area (Å²) in [5.41, 5.74) is 1.17. The molecule has 2 aliphatic heterocycles. The monoisotopic (exact) mass is 273 g/mol. The summed E-state index contributed by atoms with van der Waals surface area (Å²) in [7, 11) is 0. The van der Waals surface area contributed by atoms with Crippen LogP contribution in [-0.4, -0.2) is 28.4 Å². The van der Waals surface area contributed by atoms with E-state index in [-0.39, 0.29) is 17.7 Å². The number of phenolic OH excluding ortho intramolecular Hbond substituents is 1. The van der Waals surface area contributed by atoms with Crippen molar-refractivity contribution in [1.29, 1.82) is 0 Å². The van der Waals surface area contributed by atoms with E-state index in [2.05, 4.69) is 18.7 Å². The van der Waals surface area contributed by atoms with Crippen LogP contribution in [0.1, 0.15) is 44.7 Å². The zero-order valence-electron chi connectivity index (χ0n) is 12.2. The average molecular weight is 273 g/mol. The number of fused-ring (bicyclic) bond motifs is 3. The van der Waals surface area contributed by atoms with Crippen LogP contribution in [0.3, 0.4) is 0 Å². The highest BCUT2D eigenvalue weighted by atomic mass is 16.3. The van der Waals surface area contributed by atoms with E-state index in [1.54, 1.807) is 12.1 Å². The Morgan fingerprint density at radius 3 is 2.55 bits per heavy atom. The molecule has 3 nitrogen and oxygen atoms in total. The number of carbonyl (C=O) groups excluding carboxylic acids is 1. The van der Waals surface area contributed by atoms with Crippen molar-refractivity contribution in [1.82, 2.24) is 4.90 Å². The third-order valence-electron chi connectivity index (χ3n) is 4.68. The van der Waals surface area contributed by atoms with Gasteiger partial charge in [0, 0.05) is 31.0 Å². The molecule has 1 N–H and O–H groups in total. The molecule has 0 radical (unpaired) electrons. The molecule has 2 saturated heterocycles. The number of ketones is 1. The molecule has 3 atom stereocenters. The van der Waals surface area contributed by atoms with Crippen molar-refractivity contribution in [3.05, 3.63) is 29.8 Å². The first kappa shape index (κ1) is 13.6. The van der Waals surface area contributed by atoms with Gasteiger partial charge in [-0.2, -0.15) is 0 Å². The molecule has 0 aromatic heterocycles. The molecule has 1 aromatic rings. The van der Waals surface area contributed by atoms with Crippen LogP contribution in [0.25, 0.3) is 0 Å². The number of hydrogen-bond donors (Lipinski definition) is 1. The molecular weight excluding hydrogens is 250 g/mol. The van der Waals surface area contributed by atoms with E-state index in [1.807, 2.05) is 12.1 Å². The first-order chi connectivity index (χ1) is 9.56. The van der Waals surface area contributed by atoms with Gasteiger partial charge < -0.3 is 5.11 Å². The number of phenols is 1. The van der Waals surface area contributed by atoms with E-state index in [4.69, 9.17) is 0 Å². The highest BCUT2D eigenvalue weighted by Gasteiger charge is 2.46. The Bertz CT molecular complexity index is 494. The summed E-state index contributed by atoms with van der Waals surface area (Å²) in [6.45, 7) is 5.51. The normalized spacial score (nSPS) is 30.1. The van der Waals surface area contributed by atoms with Crippen LogP contribution in [0, 0.1) is 11.8 Å². The standard InChI is InChI=1S/C17H23NO2/c1-11(2)10-18-13-5-8-15(16(20)9-13)17(18)12-3-6-14(19)7-4-12/h3-4,6-7,11,13,15,17,19H,5,8-10H2,1-2H3. The van der Waals surface area contributed by atoms with Gasteiger partial charge in [-0.3, -0.25) is 9.69 Å². The SMILES string of the molecule is CC(C)CN1C2CCC(C(=O)C2)C1c1ccc(O)cc1. The van der Waals surface area contributed by atoms with Gasteiger partial charge in [-0.05, 0) is 36.5 Å². The molecular formula is C17H23NO2. The Morgan fingerprint density at radius 2 is 1.95 bits per heavy atom. The lowest BCUT2D eigenvalue weighted by Crippen LogP contribution is -2.55. The summed E-state index contributed by atoms with van der Waals surface area (Å²) in [5.74, 6) is 1.46. The first-order valence-electron chi connectivity index (χ1n) is 7.63. The number of benzene rings is 1. The van der Waals surface area contributed by atoms with Gasteiger partial charge in [0.25, 0.3) is 0 Å². The van der Waals surface area contributed by atoms with Crippen molar-refractivity contribution in [3.63, 3.8) is 0 Å². The number of piperidine rings is 2. The molecule has 108 valence electrons. The highest BCUT2D eigenvalue weighted by molar-refractivity contribution is 5.84. The summed E-state index contributed by atoms with van der Waals surface area (Å²) >= 11 is 0. The van der Waals surface area contributed by atoms with Gasteiger partial charge in [0.15, 0.2) is 0 Å². The van der Waals surface area contributed by atoms with E-state index in [0.29, 0.717) is 17.7 Å². The molecule has 0 spiro atoms. The van der Waals surface area contributed by atoms with E-state index in [9.17, 15) is 9.90 Å². The molecule has 3 fully saturated rings.